The van der Waals surface area contributed by atoms with Crippen LogP contribution in [-0.2, 0) is 11.2 Å². The first-order chi connectivity index (χ1) is 15.2. The summed E-state index contributed by atoms with van der Waals surface area (Å²) in [6.07, 6.45) is 0.868. The van der Waals surface area contributed by atoms with Gasteiger partial charge in [0.05, 0.1) is 24.2 Å². The summed E-state index contributed by atoms with van der Waals surface area (Å²) in [5.74, 6) is -0.593. The van der Waals surface area contributed by atoms with E-state index >= 15 is 0 Å². The van der Waals surface area contributed by atoms with Crippen LogP contribution in [0.4, 0.5) is 4.79 Å². The first kappa shape index (κ1) is 24.9. The number of nitrogens with zero attached hydrogens (tertiary/aromatic N) is 3. The van der Waals surface area contributed by atoms with Gasteiger partial charge in [0.2, 0.25) is 0 Å². The number of nitriles is 2. The van der Waals surface area contributed by atoms with Crippen molar-refractivity contribution in [3.8, 4) is 12.1 Å². The molecule has 0 aliphatic carbocycles. The molecule has 0 bridgehead atoms. The van der Waals surface area contributed by atoms with Gasteiger partial charge in [-0.3, -0.25) is 0 Å². The van der Waals surface area contributed by atoms with E-state index in [0.717, 1.165) is 11.1 Å². The lowest BCUT2D eigenvalue weighted by atomic mass is 9.76. The van der Waals surface area contributed by atoms with Crippen molar-refractivity contribution in [1.29, 1.82) is 10.5 Å². The van der Waals surface area contributed by atoms with Crippen molar-refractivity contribution < 1.29 is 14.6 Å². The number of aliphatic hydroxyl groups is 1. The molecule has 2 aromatic rings. The van der Waals surface area contributed by atoms with Gasteiger partial charge in [-0.1, -0.05) is 60.7 Å². The van der Waals surface area contributed by atoms with Crippen LogP contribution in [-0.4, -0.2) is 40.4 Å². The first-order valence-electron chi connectivity index (χ1n) is 10.7. The van der Waals surface area contributed by atoms with Gasteiger partial charge in [-0.15, -0.1) is 0 Å². The summed E-state index contributed by atoms with van der Waals surface area (Å²) in [5, 5.41) is 28.7. The number of hydrogen-bond donors (Lipinski definition) is 1. The summed E-state index contributed by atoms with van der Waals surface area (Å²) in [6.45, 7) is 6.25. The standard InChI is InChI=1S/C18H24N2O3.C8H7N/c1-17(2,3)23-16(21)20-11-9-18(22,10-12-20)15(13-19)14-7-5-4-6-8-14;9-7-6-8-4-2-1-3-5-8/h4-8,15,22H,9-12H2,1-3H3;1-5H,6H2. The number of carbonyl (C=O) groups is 1. The second kappa shape index (κ2) is 11.3. The maximum atomic E-state index is 12.1. The minimum absolute atomic E-state index is 0.360. The molecular weight excluding hydrogens is 402 g/mol. The highest BCUT2D eigenvalue weighted by Crippen LogP contribution is 2.36. The molecule has 1 aliphatic heterocycles. The lowest BCUT2D eigenvalue weighted by Crippen LogP contribution is -2.50. The van der Waals surface area contributed by atoms with Crippen molar-refractivity contribution >= 4 is 6.09 Å². The number of benzene rings is 2. The Morgan fingerprint density at radius 1 is 1.06 bits per heavy atom. The van der Waals surface area contributed by atoms with E-state index < -0.39 is 17.1 Å². The van der Waals surface area contributed by atoms with E-state index in [9.17, 15) is 15.2 Å². The second-order valence-corrected chi connectivity index (χ2v) is 8.86. The fraction of sp³-hybridized carbons (Fsp3) is 0.423. The third-order valence-corrected chi connectivity index (χ3v) is 5.21. The predicted molar refractivity (Wildman–Crippen MR) is 123 cm³/mol. The zero-order valence-electron chi connectivity index (χ0n) is 19.0. The van der Waals surface area contributed by atoms with E-state index in [1.807, 2.05) is 81.4 Å². The Morgan fingerprint density at radius 2 is 1.59 bits per heavy atom. The molecule has 0 radical (unpaired) electrons. The predicted octanol–water partition coefficient (Wildman–Crippen LogP) is 4.81. The topological polar surface area (TPSA) is 97.3 Å². The van der Waals surface area contributed by atoms with Gasteiger partial charge in [0.1, 0.15) is 11.5 Å². The lowest BCUT2D eigenvalue weighted by molar-refractivity contribution is -0.0387. The van der Waals surface area contributed by atoms with Gasteiger partial charge in [0.25, 0.3) is 0 Å². The van der Waals surface area contributed by atoms with E-state index in [4.69, 9.17) is 10.00 Å². The van der Waals surface area contributed by atoms with Crippen molar-refractivity contribution in [1.82, 2.24) is 4.90 Å². The van der Waals surface area contributed by atoms with Gasteiger partial charge < -0.3 is 14.7 Å². The molecule has 1 atom stereocenters. The largest absolute Gasteiger partial charge is 0.444 e. The first-order valence-corrected chi connectivity index (χ1v) is 10.7. The van der Waals surface area contributed by atoms with Crippen LogP contribution in [0.25, 0.3) is 0 Å². The molecule has 1 aliphatic rings. The zero-order valence-corrected chi connectivity index (χ0v) is 19.0. The second-order valence-electron chi connectivity index (χ2n) is 8.86. The molecule has 3 rings (SSSR count). The molecule has 0 aromatic heterocycles. The molecule has 1 unspecified atom stereocenters. The maximum absolute atomic E-state index is 12.1. The summed E-state index contributed by atoms with van der Waals surface area (Å²) >= 11 is 0. The Labute approximate surface area is 190 Å². The number of hydrogen-bond acceptors (Lipinski definition) is 5. The van der Waals surface area contributed by atoms with E-state index in [-0.39, 0.29) is 6.09 Å². The van der Waals surface area contributed by atoms with Gasteiger partial charge in [-0.05, 0) is 44.7 Å². The van der Waals surface area contributed by atoms with Crippen LogP contribution in [0.2, 0.25) is 0 Å². The Bertz CT molecular complexity index is 932. The molecule has 1 heterocycles. The maximum Gasteiger partial charge on any atom is 0.410 e. The van der Waals surface area contributed by atoms with Crippen LogP contribution in [0.15, 0.2) is 60.7 Å². The molecule has 168 valence electrons. The number of rotatable bonds is 3. The highest BCUT2D eigenvalue weighted by molar-refractivity contribution is 5.68. The number of carbonyl (C=O) groups excluding carboxylic acids is 1. The number of piperidine rings is 1. The van der Waals surface area contributed by atoms with E-state index in [2.05, 4.69) is 12.1 Å². The summed E-state index contributed by atoms with van der Waals surface area (Å²) in [7, 11) is 0. The highest BCUT2D eigenvalue weighted by Gasteiger charge is 2.42. The molecule has 32 heavy (non-hydrogen) atoms. The molecule has 6 heteroatoms. The Kier molecular flexibility index (Phi) is 8.81. The summed E-state index contributed by atoms with van der Waals surface area (Å²) < 4.78 is 5.36. The van der Waals surface area contributed by atoms with E-state index in [0.29, 0.717) is 32.4 Å². The van der Waals surface area contributed by atoms with Crippen LogP contribution in [0.1, 0.15) is 50.7 Å². The van der Waals surface area contributed by atoms with Gasteiger partial charge in [-0.25, -0.2) is 4.79 Å². The van der Waals surface area contributed by atoms with Crippen molar-refractivity contribution in [2.24, 2.45) is 0 Å². The Balaban J connectivity index is 0.000000336. The minimum atomic E-state index is -1.12. The fourth-order valence-corrected chi connectivity index (χ4v) is 3.53. The van der Waals surface area contributed by atoms with E-state index in [1.165, 1.54) is 0 Å². The van der Waals surface area contributed by atoms with Crippen molar-refractivity contribution in [2.45, 2.75) is 57.2 Å². The van der Waals surface area contributed by atoms with Crippen molar-refractivity contribution in [3.63, 3.8) is 0 Å². The average Bonchev–Trinajstić information content (AvgIpc) is 2.76. The smallest absolute Gasteiger partial charge is 0.410 e. The summed E-state index contributed by atoms with van der Waals surface area (Å²) in [4.78, 5) is 13.7. The van der Waals surface area contributed by atoms with Crippen LogP contribution in [0.3, 0.4) is 0 Å². The quantitative estimate of drug-likeness (QED) is 0.749. The molecule has 1 amide bonds. The normalized spacial score (nSPS) is 15.9. The van der Waals surface area contributed by atoms with E-state index in [1.54, 1.807) is 4.90 Å². The summed E-state index contributed by atoms with van der Waals surface area (Å²) in [5.41, 5.74) is 0.238. The summed E-state index contributed by atoms with van der Waals surface area (Å²) in [6, 6.07) is 23.3. The molecule has 1 fully saturated rings. The van der Waals surface area contributed by atoms with Crippen molar-refractivity contribution in [3.05, 3.63) is 71.8 Å². The fourth-order valence-electron chi connectivity index (χ4n) is 3.53. The van der Waals surface area contributed by atoms with Crippen molar-refractivity contribution in [2.75, 3.05) is 13.1 Å². The highest BCUT2D eigenvalue weighted by atomic mass is 16.6. The van der Waals surface area contributed by atoms with Crippen LogP contribution >= 0.6 is 0 Å². The molecule has 6 nitrogen and oxygen atoms in total. The average molecular weight is 434 g/mol. The van der Waals surface area contributed by atoms with Gasteiger partial charge in [0, 0.05) is 13.1 Å². The number of likely N-dealkylation sites (tertiary alicyclic amines) is 1. The third kappa shape index (κ3) is 7.41. The van der Waals surface area contributed by atoms with Crippen LogP contribution < -0.4 is 0 Å². The minimum Gasteiger partial charge on any atom is -0.444 e. The lowest BCUT2D eigenvalue weighted by Gasteiger charge is -2.40. The molecular formula is C26H31N3O3. The molecule has 2 aromatic carbocycles. The monoisotopic (exact) mass is 433 g/mol. The Morgan fingerprint density at radius 3 is 2.06 bits per heavy atom. The number of ether oxygens (including phenoxy) is 1. The molecule has 1 N–H and O–H groups in total. The number of amides is 1. The van der Waals surface area contributed by atoms with Gasteiger partial charge in [-0.2, -0.15) is 10.5 Å². The van der Waals surface area contributed by atoms with Crippen LogP contribution in [0, 0.1) is 22.7 Å². The third-order valence-electron chi connectivity index (χ3n) is 5.21. The Hall–Kier alpha value is -3.35. The van der Waals surface area contributed by atoms with Crippen LogP contribution in [0.5, 0.6) is 0 Å². The molecule has 0 spiro atoms. The molecule has 0 saturated carbocycles. The molecule has 1 saturated heterocycles. The zero-order chi connectivity index (χ0) is 23.6. The van der Waals surface area contributed by atoms with Gasteiger partial charge in [0.15, 0.2) is 0 Å². The van der Waals surface area contributed by atoms with Gasteiger partial charge >= 0.3 is 6.09 Å². The SMILES string of the molecule is CC(C)(C)OC(=O)N1CCC(O)(C(C#N)c2ccccc2)CC1.N#CCc1ccccc1.